The second kappa shape index (κ2) is 9.98. The Labute approximate surface area is 145 Å². The summed E-state index contributed by atoms with van der Waals surface area (Å²) in [6.07, 6.45) is 3.02. The van der Waals surface area contributed by atoms with Gasteiger partial charge in [-0.2, -0.15) is 0 Å². The molecule has 1 aromatic rings. The first kappa shape index (κ1) is 18.3. The largest absolute Gasteiger partial charge is 0.489 e. The van der Waals surface area contributed by atoms with Crippen molar-refractivity contribution in [3.8, 4) is 5.75 Å². The normalized spacial score (nSPS) is 18.4. The molecule has 0 aliphatic carbocycles. The summed E-state index contributed by atoms with van der Waals surface area (Å²) < 4.78 is 5.69. The summed E-state index contributed by atoms with van der Waals surface area (Å²) >= 11 is 0. The molecule has 1 fully saturated rings. The summed E-state index contributed by atoms with van der Waals surface area (Å²) in [7, 11) is 1.81. The first-order chi connectivity index (χ1) is 11.8. The molecule has 1 unspecified atom stereocenters. The van der Waals surface area contributed by atoms with Crippen LogP contribution < -0.4 is 15.4 Å². The van der Waals surface area contributed by atoms with Crippen LogP contribution in [-0.2, 0) is 6.54 Å². The van der Waals surface area contributed by atoms with Gasteiger partial charge in [-0.3, -0.25) is 4.99 Å². The molecule has 5 nitrogen and oxygen atoms in total. The molecule has 0 bridgehead atoms. The van der Waals surface area contributed by atoms with E-state index in [2.05, 4.69) is 40.1 Å². The molecule has 0 amide bonds. The van der Waals surface area contributed by atoms with Crippen molar-refractivity contribution in [2.45, 2.75) is 19.9 Å². The van der Waals surface area contributed by atoms with Gasteiger partial charge in [0.05, 0.1) is 0 Å². The third-order valence-corrected chi connectivity index (χ3v) is 4.37. The van der Waals surface area contributed by atoms with E-state index >= 15 is 0 Å². The molecule has 1 aliphatic rings. The molecule has 1 saturated heterocycles. The molecular formula is C19H30N4O. The van der Waals surface area contributed by atoms with Crippen LogP contribution >= 0.6 is 0 Å². The van der Waals surface area contributed by atoms with E-state index in [0.717, 1.165) is 30.4 Å². The van der Waals surface area contributed by atoms with Crippen molar-refractivity contribution in [1.29, 1.82) is 0 Å². The van der Waals surface area contributed by atoms with Crippen LogP contribution in [0.25, 0.3) is 0 Å². The number of likely N-dealkylation sites (tertiary alicyclic amines) is 1. The first-order valence-electron chi connectivity index (χ1n) is 8.75. The average molecular weight is 330 g/mol. The van der Waals surface area contributed by atoms with E-state index in [1.165, 1.54) is 19.5 Å². The summed E-state index contributed by atoms with van der Waals surface area (Å²) in [5, 5.41) is 6.82. The zero-order valence-electron chi connectivity index (χ0n) is 14.9. The maximum Gasteiger partial charge on any atom is 0.191 e. The predicted molar refractivity (Wildman–Crippen MR) is 101 cm³/mol. The fraction of sp³-hybridized carbons (Fsp3) is 0.526. The van der Waals surface area contributed by atoms with Crippen molar-refractivity contribution in [3.63, 3.8) is 0 Å². The van der Waals surface area contributed by atoms with Gasteiger partial charge in [0.1, 0.15) is 12.4 Å². The predicted octanol–water partition coefficient (Wildman–Crippen LogP) is 2.26. The summed E-state index contributed by atoms with van der Waals surface area (Å²) in [5.41, 5.74) is 1.11. The Morgan fingerprint density at radius 1 is 1.42 bits per heavy atom. The third kappa shape index (κ3) is 5.57. The molecule has 2 rings (SSSR count). The van der Waals surface area contributed by atoms with Crippen LogP contribution in [0.2, 0.25) is 0 Å². The SMILES string of the molecule is C=CCOc1ccccc1CNC(=NC)NCC1CCN(CC)C1. The molecule has 0 aromatic heterocycles. The zero-order chi connectivity index (χ0) is 17.2. The number of aliphatic imine (C=N–C) groups is 1. The van der Waals surface area contributed by atoms with Crippen LogP contribution in [0.4, 0.5) is 0 Å². The van der Waals surface area contributed by atoms with Gasteiger partial charge in [-0.25, -0.2) is 0 Å². The number of benzene rings is 1. The minimum absolute atomic E-state index is 0.513. The lowest BCUT2D eigenvalue weighted by Crippen LogP contribution is -2.40. The van der Waals surface area contributed by atoms with Gasteiger partial charge in [0.25, 0.3) is 0 Å². The number of nitrogens with one attached hydrogen (secondary N) is 2. The first-order valence-corrected chi connectivity index (χ1v) is 8.75. The van der Waals surface area contributed by atoms with Crippen LogP contribution in [-0.4, -0.2) is 50.7 Å². The number of guanidine groups is 1. The van der Waals surface area contributed by atoms with Gasteiger partial charge < -0.3 is 20.3 Å². The number of para-hydroxylation sites is 1. The number of hydrogen-bond donors (Lipinski definition) is 2. The highest BCUT2D eigenvalue weighted by atomic mass is 16.5. The van der Waals surface area contributed by atoms with E-state index < -0.39 is 0 Å². The quantitative estimate of drug-likeness (QED) is 0.436. The molecule has 1 atom stereocenters. The average Bonchev–Trinajstić information content (AvgIpc) is 3.09. The lowest BCUT2D eigenvalue weighted by molar-refractivity contribution is 0.341. The highest BCUT2D eigenvalue weighted by Gasteiger charge is 2.20. The summed E-state index contributed by atoms with van der Waals surface area (Å²) in [5.74, 6) is 2.42. The Hall–Kier alpha value is -2.01. The van der Waals surface area contributed by atoms with Gasteiger partial charge in [-0.15, -0.1) is 0 Å². The fourth-order valence-electron chi connectivity index (χ4n) is 2.95. The van der Waals surface area contributed by atoms with E-state index in [1.807, 2.05) is 25.2 Å². The maximum absolute atomic E-state index is 5.69. The van der Waals surface area contributed by atoms with Crippen molar-refractivity contribution in [3.05, 3.63) is 42.5 Å². The Morgan fingerprint density at radius 3 is 2.96 bits per heavy atom. The maximum atomic E-state index is 5.69. The molecule has 1 aromatic carbocycles. The number of hydrogen-bond acceptors (Lipinski definition) is 3. The van der Waals surface area contributed by atoms with E-state index in [-0.39, 0.29) is 0 Å². The highest BCUT2D eigenvalue weighted by Crippen LogP contribution is 2.17. The van der Waals surface area contributed by atoms with E-state index in [9.17, 15) is 0 Å². The van der Waals surface area contributed by atoms with Gasteiger partial charge >= 0.3 is 0 Å². The van der Waals surface area contributed by atoms with Gasteiger partial charge in [-0.05, 0) is 31.5 Å². The molecule has 0 radical (unpaired) electrons. The molecule has 2 N–H and O–H groups in total. The van der Waals surface area contributed by atoms with Gasteiger partial charge in [0, 0.05) is 32.2 Å². The topological polar surface area (TPSA) is 48.9 Å². The second-order valence-corrected chi connectivity index (χ2v) is 6.06. The molecule has 1 aliphatic heterocycles. The summed E-state index contributed by atoms with van der Waals surface area (Å²) in [4.78, 5) is 6.81. The van der Waals surface area contributed by atoms with Gasteiger partial charge in [0.2, 0.25) is 0 Å². The summed E-state index contributed by atoms with van der Waals surface area (Å²) in [6, 6.07) is 8.05. The number of rotatable bonds is 8. The van der Waals surface area contributed by atoms with Crippen molar-refractivity contribution in [2.24, 2.45) is 10.9 Å². The molecule has 5 heteroatoms. The highest BCUT2D eigenvalue weighted by molar-refractivity contribution is 5.79. The van der Waals surface area contributed by atoms with Crippen LogP contribution in [0, 0.1) is 5.92 Å². The van der Waals surface area contributed by atoms with Crippen LogP contribution in [0.3, 0.4) is 0 Å². The van der Waals surface area contributed by atoms with Crippen molar-refractivity contribution < 1.29 is 4.74 Å². The molecule has 1 heterocycles. The Bertz CT molecular complexity index is 544. The van der Waals surface area contributed by atoms with Crippen LogP contribution in [0.5, 0.6) is 5.75 Å². The number of nitrogens with zero attached hydrogens (tertiary/aromatic N) is 2. The Balaban J connectivity index is 1.80. The molecule has 0 spiro atoms. The molecule has 0 saturated carbocycles. The van der Waals surface area contributed by atoms with Gasteiger partial charge in [0.15, 0.2) is 5.96 Å². The number of ether oxygens (including phenoxy) is 1. The van der Waals surface area contributed by atoms with Crippen molar-refractivity contribution >= 4 is 5.96 Å². The summed E-state index contributed by atoms with van der Waals surface area (Å²) in [6.45, 7) is 11.6. The monoisotopic (exact) mass is 330 g/mol. The third-order valence-electron chi connectivity index (χ3n) is 4.37. The molecule has 132 valence electrons. The lowest BCUT2D eigenvalue weighted by Gasteiger charge is -2.17. The standard InChI is InChI=1S/C19H30N4O/c1-4-12-24-18-9-7-6-8-17(18)14-22-19(20-3)21-13-16-10-11-23(5-2)15-16/h4,6-9,16H,1,5,10-15H2,2-3H3,(H2,20,21,22). The Morgan fingerprint density at radius 2 is 2.25 bits per heavy atom. The minimum atomic E-state index is 0.513. The lowest BCUT2D eigenvalue weighted by atomic mass is 10.1. The fourth-order valence-corrected chi connectivity index (χ4v) is 2.95. The van der Waals surface area contributed by atoms with E-state index in [0.29, 0.717) is 19.1 Å². The van der Waals surface area contributed by atoms with Crippen LogP contribution in [0.15, 0.2) is 41.9 Å². The van der Waals surface area contributed by atoms with Crippen molar-refractivity contribution in [2.75, 3.05) is 39.8 Å². The van der Waals surface area contributed by atoms with E-state index in [4.69, 9.17) is 4.74 Å². The molecular weight excluding hydrogens is 300 g/mol. The Kier molecular flexibility index (Phi) is 7.62. The van der Waals surface area contributed by atoms with Crippen LogP contribution in [0.1, 0.15) is 18.9 Å². The smallest absolute Gasteiger partial charge is 0.191 e. The van der Waals surface area contributed by atoms with Crippen molar-refractivity contribution in [1.82, 2.24) is 15.5 Å². The molecule has 24 heavy (non-hydrogen) atoms. The zero-order valence-corrected chi connectivity index (χ0v) is 14.9. The minimum Gasteiger partial charge on any atom is -0.489 e. The van der Waals surface area contributed by atoms with Gasteiger partial charge in [-0.1, -0.05) is 37.8 Å². The second-order valence-electron chi connectivity index (χ2n) is 6.06. The van der Waals surface area contributed by atoms with E-state index in [1.54, 1.807) is 6.08 Å².